The molecule has 7 heteroatoms. The molecule has 2 aromatic carbocycles. The van der Waals surface area contributed by atoms with Crippen LogP contribution in [0.1, 0.15) is 24.9 Å². The fraction of sp³-hybridized carbons (Fsp3) is 0.263. The smallest absolute Gasteiger partial charge is 0.307 e. The summed E-state index contributed by atoms with van der Waals surface area (Å²) in [4.78, 5) is 24.6. The van der Waals surface area contributed by atoms with E-state index in [9.17, 15) is 14.0 Å². The lowest BCUT2D eigenvalue weighted by molar-refractivity contribution is -0.148. The highest BCUT2D eigenvalue weighted by Gasteiger charge is 2.12. The summed E-state index contributed by atoms with van der Waals surface area (Å²) in [7, 11) is 0. The maximum absolute atomic E-state index is 12.9. The predicted octanol–water partition coefficient (Wildman–Crippen LogP) is 4.38. The maximum Gasteiger partial charge on any atom is 0.307 e. The standard InChI is InChI=1S/C19H19ClFNO3S/c1-13(14-2-6-16(21)7-3-14)22-18(23)12-25-19(24)10-11-26-17-8-4-15(20)5-9-17/h2-9,13H,10-12H2,1H3,(H,22,23). The van der Waals surface area contributed by atoms with E-state index in [0.29, 0.717) is 10.8 Å². The van der Waals surface area contributed by atoms with E-state index in [-0.39, 0.29) is 24.9 Å². The SMILES string of the molecule is CC(NC(=O)COC(=O)CCSc1ccc(Cl)cc1)c1ccc(F)cc1. The van der Waals surface area contributed by atoms with Gasteiger partial charge in [-0.25, -0.2) is 4.39 Å². The van der Waals surface area contributed by atoms with Crippen molar-refractivity contribution in [2.75, 3.05) is 12.4 Å². The number of thioether (sulfide) groups is 1. The van der Waals surface area contributed by atoms with Crippen molar-refractivity contribution in [1.29, 1.82) is 0 Å². The number of nitrogens with one attached hydrogen (secondary N) is 1. The Morgan fingerprint density at radius 1 is 1.15 bits per heavy atom. The van der Waals surface area contributed by atoms with Gasteiger partial charge in [-0.15, -0.1) is 11.8 Å². The van der Waals surface area contributed by atoms with Gasteiger partial charge in [0.25, 0.3) is 5.91 Å². The quantitative estimate of drug-likeness (QED) is 0.532. The monoisotopic (exact) mass is 395 g/mol. The number of halogens is 2. The van der Waals surface area contributed by atoms with Crippen LogP contribution in [0.25, 0.3) is 0 Å². The van der Waals surface area contributed by atoms with Crippen molar-refractivity contribution in [3.8, 4) is 0 Å². The Hall–Kier alpha value is -2.05. The fourth-order valence-electron chi connectivity index (χ4n) is 2.12. The van der Waals surface area contributed by atoms with Gasteiger partial charge < -0.3 is 10.1 Å². The fourth-order valence-corrected chi connectivity index (χ4v) is 3.08. The van der Waals surface area contributed by atoms with Crippen LogP contribution in [0.3, 0.4) is 0 Å². The number of hydrogen-bond acceptors (Lipinski definition) is 4. The van der Waals surface area contributed by atoms with Crippen molar-refractivity contribution in [2.24, 2.45) is 0 Å². The molecule has 0 fully saturated rings. The molecule has 0 heterocycles. The molecule has 0 saturated carbocycles. The molecule has 1 unspecified atom stereocenters. The third-order valence-corrected chi connectivity index (χ3v) is 4.77. The highest BCUT2D eigenvalue weighted by atomic mass is 35.5. The van der Waals surface area contributed by atoms with Crippen LogP contribution in [-0.2, 0) is 14.3 Å². The Labute approximate surface area is 161 Å². The van der Waals surface area contributed by atoms with Crippen LogP contribution in [0.15, 0.2) is 53.4 Å². The predicted molar refractivity (Wildman–Crippen MR) is 101 cm³/mol. The molecule has 0 aliphatic carbocycles. The van der Waals surface area contributed by atoms with Crippen molar-refractivity contribution in [2.45, 2.75) is 24.3 Å². The van der Waals surface area contributed by atoms with E-state index < -0.39 is 11.9 Å². The molecule has 0 spiro atoms. The minimum atomic E-state index is -0.434. The van der Waals surface area contributed by atoms with Crippen molar-refractivity contribution < 1.29 is 18.7 Å². The lowest BCUT2D eigenvalue weighted by Gasteiger charge is -2.14. The van der Waals surface area contributed by atoms with E-state index in [0.717, 1.165) is 10.5 Å². The van der Waals surface area contributed by atoms with E-state index in [1.54, 1.807) is 31.2 Å². The highest BCUT2D eigenvalue weighted by molar-refractivity contribution is 7.99. The summed E-state index contributed by atoms with van der Waals surface area (Å²) in [5, 5.41) is 3.36. The summed E-state index contributed by atoms with van der Waals surface area (Å²) in [6.45, 7) is 1.44. The van der Waals surface area contributed by atoms with Crippen LogP contribution in [0.5, 0.6) is 0 Å². The molecule has 26 heavy (non-hydrogen) atoms. The zero-order valence-electron chi connectivity index (χ0n) is 14.2. The molecule has 1 atom stereocenters. The second kappa shape index (κ2) is 10.2. The van der Waals surface area contributed by atoms with Gasteiger partial charge in [-0.2, -0.15) is 0 Å². The summed E-state index contributed by atoms with van der Waals surface area (Å²) in [5.74, 6) is -0.622. The zero-order valence-corrected chi connectivity index (χ0v) is 15.8. The summed E-state index contributed by atoms with van der Waals surface area (Å²) >= 11 is 7.32. The summed E-state index contributed by atoms with van der Waals surface area (Å²) < 4.78 is 17.9. The molecule has 0 aliphatic rings. The molecule has 138 valence electrons. The molecule has 0 aromatic heterocycles. The first-order chi connectivity index (χ1) is 12.4. The van der Waals surface area contributed by atoms with Gasteiger partial charge in [0.2, 0.25) is 0 Å². The molecule has 0 radical (unpaired) electrons. The first-order valence-corrected chi connectivity index (χ1v) is 9.39. The number of amides is 1. The Morgan fingerprint density at radius 2 is 1.81 bits per heavy atom. The van der Waals surface area contributed by atoms with Crippen molar-refractivity contribution in [3.05, 3.63) is 64.9 Å². The lowest BCUT2D eigenvalue weighted by Crippen LogP contribution is -2.31. The van der Waals surface area contributed by atoms with Crippen molar-refractivity contribution in [1.82, 2.24) is 5.32 Å². The minimum absolute atomic E-state index is 0.202. The Morgan fingerprint density at radius 3 is 2.46 bits per heavy atom. The molecular weight excluding hydrogens is 377 g/mol. The van der Waals surface area contributed by atoms with Crippen LogP contribution in [-0.4, -0.2) is 24.2 Å². The minimum Gasteiger partial charge on any atom is -0.456 e. The van der Waals surface area contributed by atoms with Crippen LogP contribution in [0.4, 0.5) is 4.39 Å². The average molecular weight is 396 g/mol. The Bertz CT molecular complexity index is 737. The molecule has 0 aliphatic heterocycles. The number of rotatable bonds is 8. The van der Waals surface area contributed by atoms with Gasteiger partial charge in [0.05, 0.1) is 12.5 Å². The number of benzene rings is 2. The van der Waals surface area contributed by atoms with E-state index in [1.165, 1.54) is 23.9 Å². The molecule has 1 amide bonds. The van der Waals surface area contributed by atoms with E-state index in [4.69, 9.17) is 16.3 Å². The van der Waals surface area contributed by atoms with Gasteiger partial charge in [0, 0.05) is 15.7 Å². The topological polar surface area (TPSA) is 55.4 Å². The number of carbonyl (C=O) groups excluding carboxylic acids is 2. The molecule has 4 nitrogen and oxygen atoms in total. The molecule has 2 aromatic rings. The van der Waals surface area contributed by atoms with Gasteiger partial charge in [0.1, 0.15) is 5.82 Å². The van der Waals surface area contributed by atoms with Gasteiger partial charge in [-0.3, -0.25) is 9.59 Å². The number of carbonyl (C=O) groups is 2. The first kappa shape index (κ1) is 20.3. The first-order valence-electron chi connectivity index (χ1n) is 8.03. The maximum atomic E-state index is 12.9. The molecule has 0 saturated heterocycles. The summed E-state index contributed by atoms with van der Waals surface area (Å²) in [6.07, 6.45) is 0.202. The van der Waals surface area contributed by atoms with E-state index >= 15 is 0 Å². The molecule has 2 rings (SSSR count). The van der Waals surface area contributed by atoms with Crippen LogP contribution in [0.2, 0.25) is 5.02 Å². The normalized spacial score (nSPS) is 11.7. The second-order valence-electron chi connectivity index (χ2n) is 5.55. The molecule has 0 bridgehead atoms. The number of esters is 1. The number of hydrogen-bond donors (Lipinski definition) is 1. The van der Waals surface area contributed by atoms with Crippen molar-refractivity contribution >= 4 is 35.2 Å². The lowest BCUT2D eigenvalue weighted by atomic mass is 10.1. The largest absolute Gasteiger partial charge is 0.456 e. The number of ether oxygens (including phenoxy) is 1. The van der Waals surface area contributed by atoms with Gasteiger partial charge in [-0.05, 0) is 48.9 Å². The van der Waals surface area contributed by atoms with Crippen LogP contribution >= 0.6 is 23.4 Å². The Kier molecular flexibility index (Phi) is 7.94. The third kappa shape index (κ3) is 7.06. The van der Waals surface area contributed by atoms with E-state index in [2.05, 4.69) is 5.32 Å². The molecule has 1 N–H and O–H groups in total. The highest BCUT2D eigenvalue weighted by Crippen LogP contribution is 2.21. The summed E-state index contributed by atoms with van der Waals surface area (Å²) in [6, 6.07) is 12.9. The summed E-state index contributed by atoms with van der Waals surface area (Å²) in [5.41, 5.74) is 0.769. The van der Waals surface area contributed by atoms with Crippen molar-refractivity contribution in [3.63, 3.8) is 0 Å². The van der Waals surface area contributed by atoms with Gasteiger partial charge >= 0.3 is 5.97 Å². The van der Waals surface area contributed by atoms with Crippen LogP contribution < -0.4 is 5.32 Å². The van der Waals surface area contributed by atoms with E-state index in [1.807, 2.05) is 12.1 Å². The second-order valence-corrected chi connectivity index (χ2v) is 7.16. The molecular formula is C19H19ClFNO3S. The van der Waals surface area contributed by atoms with Gasteiger partial charge in [0.15, 0.2) is 6.61 Å². The average Bonchev–Trinajstić information content (AvgIpc) is 2.62. The van der Waals surface area contributed by atoms with Crippen LogP contribution in [0, 0.1) is 5.82 Å². The Balaban J connectivity index is 1.65. The zero-order chi connectivity index (χ0) is 18.9. The van der Waals surface area contributed by atoms with Gasteiger partial charge in [-0.1, -0.05) is 23.7 Å². The third-order valence-electron chi connectivity index (χ3n) is 3.50.